The van der Waals surface area contributed by atoms with E-state index in [-0.39, 0.29) is 5.91 Å². The SMILES string of the molecule is CCCc1cc(C(=O)N(C)CC(C)C)cc(NCC)n1. The summed E-state index contributed by atoms with van der Waals surface area (Å²) in [4.78, 5) is 18.8. The number of aryl methyl sites for hydroxylation is 1. The van der Waals surface area contributed by atoms with Crippen molar-refractivity contribution < 1.29 is 4.79 Å². The second kappa shape index (κ2) is 7.88. The van der Waals surface area contributed by atoms with Crippen molar-refractivity contribution in [1.82, 2.24) is 9.88 Å². The van der Waals surface area contributed by atoms with E-state index in [1.165, 1.54) is 0 Å². The molecule has 1 amide bonds. The van der Waals surface area contributed by atoms with E-state index in [9.17, 15) is 4.79 Å². The van der Waals surface area contributed by atoms with E-state index in [1.54, 1.807) is 4.90 Å². The maximum Gasteiger partial charge on any atom is 0.253 e. The van der Waals surface area contributed by atoms with Crippen LogP contribution < -0.4 is 5.32 Å². The van der Waals surface area contributed by atoms with Crippen LogP contribution in [0.5, 0.6) is 0 Å². The topological polar surface area (TPSA) is 45.2 Å². The van der Waals surface area contributed by atoms with Gasteiger partial charge in [-0.2, -0.15) is 0 Å². The van der Waals surface area contributed by atoms with Crippen LogP contribution in [0.3, 0.4) is 0 Å². The Kier molecular flexibility index (Phi) is 6.49. The van der Waals surface area contributed by atoms with Crippen molar-refractivity contribution in [3.05, 3.63) is 23.4 Å². The van der Waals surface area contributed by atoms with Crippen LogP contribution in [0.2, 0.25) is 0 Å². The molecule has 0 radical (unpaired) electrons. The summed E-state index contributed by atoms with van der Waals surface area (Å²) in [5.41, 5.74) is 1.70. The molecule has 20 heavy (non-hydrogen) atoms. The van der Waals surface area contributed by atoms with Gasteiger partial charge in [-0.3, -0.25) is 4.79 Å². The normalized spacial score (nSPS) is 10.7. The summed E-state index contributed by atoms with van der Waals surface area (Å²) in [6, 6.07) is 3.77. The molecule has 0 aliphatic rings. The van der Waals surface area contributed by atoms with Gasteiger partial charge in [0.05, 0.1) is 0 Å². The van der Waals surface area contributed by atoms with Crippen LogP contribution in [0.25, 0.3) is 0 Å². The molecule has 4 nitrogen and oxygen atoms in total. The number of anilines is 1. The fourth-order valence-electron chi connectivity index (χ4n) is 2.22. The Hall–Kier alpha value is -1.58. The van der Waals surface area contributed by atoms with E-state index in [0.717, 1.165) is 43.0 Å². The third-order valence-electron chi connectivity index (χ3n) is 2.98. The average Bonchev–Trinajstić information content (AvgIpc) is 2.37. The van der Waals surface area contributed by atoms with Crippen LogP contribution in [0.15, 0.2) is 12.1 Å². The van der Waals surface area contributed by atoms with Gasteiger partial charge >= 0.3 is 0 Å². The first-order valence-corrected chi connectivity index (χ1v) is 7.48. The van der Waals surface area contributed by atoms with Gasteiger partial charge in [-0.05, 0) is 31.4 Å². The van der Waals surface area contributed by atoms with Crippen LogP contribution in [-0.2, 0) is 6.42 Å². The van der Waals surface area contributed by atoms with E-state index in [1.807, 2.05) is 26.1 Å². The minimum Gasteiger partial charge on any atom is -0.370 e. The Labute approximate surface area is 122 Å². The summed E-state index contributed by atoms with van der Waals surface area (Å²) in [7, 11) is 1.86. The maximum absolute atomic E-state index is 12.5. The molecule has 1 heterocycles. The molecular weight excluding hydrogens is 250 g/mol. The summed E-state index contributed by atoms with van der Waals surface area (Å²) in [5, 5.41) is 3.20. The van der Waals surface area contributed by atoms with Crippen molar-refractivity contribution in [3.63, 3.8) is 0 Å². The summed E-state index contributed by atoms with van der Waals surface area (Å²) in [6.45, 7) is 9.94. The molecule has 0 saturated heterocycles. The lowest BCUT2D eigenvalue weighted by Crippen LogP contribution is -2.30. The lowest BCUT2D eigenvalue weighted by molar-refractivity contribution is 0.0779. The molecule has 0 atom stereocenters. The first kappa shape index (κ1) is 16.5. The molecule has 0 saturated carbocycles. The zero-order valence-corrected chi connectivity index (χ0v) is 13.4. The standard InChI is InChI=1S/C16H27N3O/c1-6-8-14-9-13(10-15(18-14)17-7-2)16(20)19(5)11-12(3)4/h9-10,12H,6-8,11H2,1-5H3,(H,17,18). The van der Waals surface area contributed by atoms with Crippen molar-refractivity contribution in [1.29, 1.82) is 0 Å². The second-order valence-electron chi connectivity index (χ2n) is 5.59. The predicted octanol–water partition coefficient (Wildman–Crippen LogP) is 3.19. The molecule has 0 fully saturated rings. The van der Waals surface area contributed by atoms with E-state index >= 15 is 0 Å². The largest absolute Gasteiger partial charge is 0.370 e. The van der Waals surface area contributed by atoms with Crippen molar-refractivity contribution in [3.8, 4) is 0 Å². The molecule has 0 spiro atoms. The second-order valence-corrected chi connectivity index (χ2v) is 5.59. The van der Waals surface area contributed by atoms with E-state index in [4.69, 9.17) is 0 Å². The van der Waals surface area contributed by atoms with Crippen LogP contribution in [0, 0.1) is 5.92 Å². The Morgan fingerprint density at radius 3 is 2.60 bits per heavy atom. The summed E-state index contributed by atoms with van der Waals surface area (Å²) in [5.74, 6) is 1.33. The fourth-order valence-corrected chi connectivity index (χ4v) is 2.22. The number of rotatable bonds is 7. The van der Waals surface area contributed by atoms with Crippen molar-refractivity contribution in [2.24, 2.45) is 5.92 Å². The molecule has 0 aromatic carbocycles. The van der Waals surface area contributed by atoms with Gasteiger partial charge in [0.25, 0.3) is 5.91 Å². The molecule has 1 aromatic rings. The number of amides is 1. The monoisotopic (exact) mass is 277 g/mol. The first-order chi connectivity index (χ1) is 9.47. The van der Waals surface area contributed by atoms with Crippen molar-refractivity contribution in [2.45, 2.75) is 40.5 Å². The molecule has 0 bridgehead atoms. The highest BCUT2D eigenvalue weighted by Gasteiger charge is 2.15. The zero-order valence-electron chi connectivity index (χ0n) is 13.4. The Balaban J connectivity index is 2.99. The van der Waals surface area contributed by atoms with Crippen LogP contribution in [-0.4, -0.2) is 35.9 Å². The fraction of sp³-hybridized carbons (Fsp3) is 0.625. The Morgan fingerprint density at radius 1 is 1.35 bits per heavy atom. The van der Waals surface area contributed by atoms with Gasteiger partial charge in [-0.25, -0.2) is 4.98 Å². The number of carbonyl (C=O) groups is 1. The molecule has 4 heteroatoms. The van der Waals surface area contributed by atoms with Crippen LogP contribution >= 0.6 is 0 Å². The number of carbonyl (C=O) groups excluding carboxylic acids is 1. The van der Waals surface area contributed by atoms with Gasteiger partial charge in [-0.1, -0.05) is 27.2 Å². The van der Waals surface area contributed by atoms with Gasteiger partial charge in [0.1, 0.15) is 5.82 Å². The minimum atomic E-state index is 0.0672. The molecular formula is C16H27N3O. The van der Waals surface area contributed by atoms with Gasteiger partial charge in [0.15, 0.2) is 0 Å². The molecule has 1 rings (SSSR count). The molecule has 1 aromatic heterocycles. The number of hydrogen-bond acceptors (Lipinski definition) is 3. The average molecular weight is 277 g/mol. The number of hydrogen-bond donors (Lipinski definition) is 1. The summed E-state index contributed by atoms with van der Waals surface area (Å²) < 4.78 is 0. The maximum atomic E-state index is 12.5. The Bertz CT molecular complexity index is 419. The highest BCUT2D eigenvalue weighted by atomic mass is 16.2. The van der Waals surface area contributed by atoms with Gasteiger partial charge in [0.2, 0.25) is 0 Å². The highest BCUT2D eigenvalue weighted by molar-refractivity contribution is 5.94. The number of aromatic nitrogens is 1. The molecule has 0 aliphatic heterocycles. The molecule has 1 N–H and O–H groups in total. The smallest absolute Gasteiger partial charge is 0.253 e. The van der Waals surface area contributed by atoms with Gasteiger partial charge < -0.3 is 10.2 Å². The van der Waals surface area contributed by atoms with Crippen LogP contribution in [0.4, 0.5) is 5.82 Å². The number of pyridine rings is 1. The third kappa shape index (κ3) is 4.83. The summed E-state index contributed by atoms with van der Waals surface area (Å²) in [6.07, 6.45) is 1.92. The first-order valence-electron chi connectivity index (χ1n) is 7.48. The predicted molar refractivity (Wildman–Crippen MR) is 84.2 cm³/mol. The van der Waals surface area contributed by atoms with Crippen LogP contribution in [0.1, 0.15) is 50.2 Å². The lowest BCUT2D eigenvalue weighted by Gasteiger charge is -2.20. The van der Waals surface area contributed by atoms with Crippen molar-refractivity contribution >= 4 is 11.7 Å². The molecule has 0 aliphatic carbocycles. The van der Waals surface area contributed by atoms with E-state index in [0.29, 0.717) is 5.92 Å². The minimum absolute atomic E-state index is 0.0672. The lowest BCUT2D eigenvalue weighted by atomic mass is 10.1. The third-order valence-corrected chi connectivity index (χ3v) is 2.98. The summed E-state index contributed by atoms with van der Waals surface area (Å²) >= 11 is 0. The van der Waals surface area contributed by atoms with E-state index in [2.05, 4.69) is 31.1 Å². The van der Waals surface area contributed by atoms with Gasteiger partial charge in [0, 0.05) is 31.4 Å². The number of nitrogens with zero attached hydrogens (tertiary/aromatic N) is 2. The van der Waals surface area contributed by atoms with E-state index < -0.39 is 0 Å². The van der Waals surface area contributed by atoms with Crippen molar-refractivity contribution in [2.75, 3.05) is 25.5 Å². The highest BCUT2D eigenvalue weighted by Crippen LogP contribution is 2.14. The van der Waals surface area contributed by atoms with Gasteiger partial charge in [-0.15, -0.1) is 0 Å². The molecule has 112 valence electrons. The quantitative estimate of drug-likeness (QED) is 0.832. The number of nitrogens with one attached hydrogen (secondary N) is 1. The zero-order chi connectivity index (χ0) is 15.1. The molecule has 0 unspecified atom stereocenters. The Morgan fingerprint density at radius 2 is 2.05 bits per heavy atom.